The number of likely N-dealkylation sites (tertiary alicyclic amines) is 1. The normalized spacial score (nSPS) is 16.6. The molecule has 1 saturated heterocycles. The predicted octanol–water partition coefficient (Wildman–Crippen LogP) is 3.71. The summed E-state index contributed by atoms with van der Waals surface area (Å²) in [6, 6.07) is 8.50. The Morgan fingerprint density at radius 1 is 1.28 bits per heavy atom. The second-order valence-electron chi connectivity index (χ2n) is 8.01. The van der Waals surface area contributed by atoms with Crippen LogP contribution in [0.5, 0.6) is 5.75 Å². The number of methoxy groups -OCH3 is 1. The third-order valence-corrected chi connectivity index (χ3v) is 4.69. The summed E-state index contributed by atoms with van der Waals surface area (Å²) in [7, 11) is 3.22. The topological polar surface area (TPSA) is 85.1 Å². The van der Waals surface area contributed by atoms with E-state index in [1.165, 1.54) is 9.80 Å². The van der Waals surface area contributed by atoms with E-state index in [0.717, 1.165) is 12.0 Å². The molecule has 156 valence electrons. The molecule has 2 heterocycles. The van der Waals surface area contributed by atoms with Crippen molar-refractivity contribution >= 4 is 17.8 Å². The Kier molecular flexibility index (Phi) is 5.81. The first-order valence-corrected chi connectivity index (χ1v) is 9.58. The zero-order valence-corrected chi connectivity index (χ0v) is 17.5. The van der Waals surface area contributed by atoms with E-state index in [2.05, 4.69) is 5.16 Å². The average Bonchev–Trinajstić information content (AvgIpc) is 3.35. The number of aromatic nitrogens is 1. The highest BCUT2D eigenvalue weighted by Crippen LogP contribution is 2.28. The molecule has 2 amide bonds. The third kappa shape index (κ3) is 4.70. The summed E-state index contributed by atoms with van der Waals surface area (Å²) in [5, 5.41) is 4.02. The van der Waals surface area contributed by atoms with Gasteiger partial charge < -0.3 is 14.0 Å². The first-order chi connectivity index (χ1) is 13.7. The number of hydrogen-bond donors (Lipinski definition) is 0. The van der Waals surface area contributed by atoms with Gasteiger partial charge in [-0.15, -0.1) is 0 Å². The van der Waals surface area contributed by atoms with Crippen LogP contribution in [-0.4, -0.2) is 54.4 Å². The molecule has 0 unspecified atom stereocenters. The van der Waals surface area contributed by atoms with Crippen molar-refractivity contribution in [1.82, 2.24) is 10.1 Å². The minimum atomic E-state index is -0.614. The van der Waals surface area contributed by atoms with Gasteiger partial charge in [0.25, 0.3) is 5.91 Å². The van der Waals surface area contributed by atoms with Crippen LogP contribution in [0.1, 0.15) is 33.6 Å². The van der Waals surface area contributed by atoms with Crippen molar-refractivity contribution in [3.8, 4) is 17.1 Å². The van der Waals surface area contributed by atoms with Gasteiger partial charge >= 0.3 is 6.09 Å². The molecule has 1 aliphatic heterocycles. The van der Waals surface area contributed by atoms with Gasteiger partial charge in [-0.1, -0.05) is 17.3 Å². The van der Waals surface area contributed by atoms with Crippen LogP contribution < -0.4 is 9.64 Å². The molecule has 0 aliphatic carbocycles. The van der Waals surface area contributed by atoms with Crippen LogP contribution >= 0.6 is 0 Å². The Labute approximate surface area is 170 Å². The van der Waals surface area contributed by atoms with Gasteiger partial charge in [0.1, 0.15) is 17.4 Å². The predicted molar refractivity (Wildman–Crippen MR) is 108 cm³/mol. The Hall–Kier alpha value is -3.03. The summed E-state index contributed by atoms with van der Waals surface area (Å²) < 4.78 is 16.1. The van der Waals surface area contributed by atoms with Crippen LogP contribution in [0.25, 0.3) is 11.3 Å². The molecule has 0 saturated carbocycles. The van der Waals surface area contributed by atoms with Crippen LogP contribution in [0.4, 0.5) is 10.6 Å². The number of hydrogen-bond acceptors (Lipinski definition) is 6. The second kappa shape index (κ2) is 8.14. The molecule has 1 atom stereocenters. The second-order valence-corrected chi connectivity index (χ2v) is 8.01. The lowest BCUT2D eigenvalue weighted by atomic mass is 10.1. The van der Waals surface area contributed by atoms with Crippen LogP contribution in [0.3, 0.4) is 0 Å². The zero-order chi connectivity index (χ0) is 21.2. The standard InChI is InChI=1S/C21H27N3O5/c1-21(2,3)28-20(26)24-11-7-10-16(24)19(25)23(4)18-13-17(29-22-18)14-8-6-9-15(12-14)27-5/h6,8-9,12-13,16H,7,10-11H2,1-5H3/t16-/m0/s1. The third-order valence-electron chi connectivity index (χ3n) is 4.69. The number of anilines is 1. The molecule has 2 aromatic rings. The molecule has 8 heteroatoms. The Morgan fingerprint density at radius 2 is 2.03 bits per heavy atom. The minimum absolute atomic E-state index is 0.223. The summed E-state index contributed by atoms with van der Waals surface area (Å²) in [6.45, 7) is 5.91. The number of carbonyl (C=O) groups excluding carboxylic acids is 2. The van der Waals surface area contributed by atoms with E-state index in [4.69, 9.17) is 14.0 Å². The molecule has 3 rings (SSSR count). The van der Waals surface area contributed by atoms with E-state index in [9.17, 15) is 9.59 Å². The fraction of sp³-hybridized carbons (Fsp3) is 0.476. The smallest absolute Gasteiger partial charge is 0.410 e. The minimum Gasteiger partial charge on any atom is -0.497 e. The maximum atomic E-state index is 13.0. The van der Waals surface area contributed by atoms with Crippen molar-refractivity contribution in [2.45, 2.75) is 45.3 Å². The molecule has 0 spiro atoms. The van der Waals surface area contributed by atoms with Crippen LogP contribution in [0.2, 0.25) is 0 Å². The van der Waals surface area contributed by atoms with Crippen LogP contribution in [0.15, 0.2) is 34.9 Å². The molecule has 1 fully saturated rings. The number of amides is 2. The van der Waals surface area contributed by atoms with Crippen molar-refractivity contribution < 1.29 is 23.6 Å². The van der Waals surface area contributed by atoms with Gasteiger partial charge in [-0.25, -0.2) is 4.79 Å². The van der Waals surface area contributed by atoms with Crippen LogP contribution in [-0.2, 0) is 9.53 Å². The van der Waals surface area contributed by atoms with E-state index in [1.807, 2.05) is 24.3 Å². The summed E-state index contributed by atoms with van der Waals surface area (Å²) in [4.78, 5) is 28.4. The Bertz CT molecular complexity index is 886. The van der Waals surface area contributed by atoms with E-state index in [0.29, 0.717) is 30.3 Å². The van der Waals surface area contributed by atoms with E-state index in [-0.39, 0.29) is 5.91 Å². The summed E-state index contributed by atoms with van der Waals surface area (Å²) in [5.74, 6) is 1.38. The first-order valence-electron chi connectivity index (χ1n) is 9.58. The molecule has 1 aromatic heterocycles. The monoisotopic (exact) mass is 401 g/mol. The largest absolute Gasteiger partial charge is 0.497 e. The number of likely N-dealkylation sites (N-methyl/N-ethyl adjacent to an activating group) is 1. The van der Waals surface area contributed by atoms with Crippen molar-refractivity contribution in [3.63, 3.8) is 0 Å². The summed E-state index contributed by atoms with van der Waals surface area (Å²) >= 11 is 0. The molecule has 8 nitrogen and oxygen atoms in total. The van der Waals surface area contributed by atoms with Gasteiger partial charge in [0.15, 0.2) is 11.6 Å². The lowest BCUT2D eigenvalue weighted by Gasteiger charge is -2.29. The molecule has 1 aromatic carbocycles. The molecule has 1 aliphatic rings. The van der Waals surface area contributed by atoms with Gasteiger partial charge in [-0.2, -0.15) is 0 Å². The molecular formula is C21H27N3O5. The molecule has 29 heavy (non-hydrogen) atoms. The number of ether oxygens (including phenoxy) is 2. The molecule has 0 N–H and O–H groups in total. The highest BCUT2D eigenvalue weighted by atomic mass is 16.6. The highest BCUT2D eigenvalue weighted by molar-refractivity contribution is 5.98. The fourth-order valence-corrected chi connectivity index (χ4v) is 3.24. The summed E-state index contributed by atoms with van der Waals surface area (Å²) in [5.41, 5.74) is 0.178. The molecule has 0 bridgehead atoms. The van der Waals surface area contributed by atoms with E-state index in [1.54, 1.807) is 41.0 Å². The van der Waals surface area contributed by atoms with E-state index >= 15 is 0 Å². The van der Waals surface area contributed by atoms with Gasteiger partial charge in [-0.3, -0.25) is 14.6 Å². The van der Waals surface area contributed by atoms with Gasteiger partial charge in [0.05, 0.1) is 7.11 Å². The average molecular weight is 401 g/mol. The maximum absolute atomic E-state index is 13.0. The van der Waals surface area contributed by atoms with Gasteiger partial charge in [0, 0.05) is 25.2 Å². The first kappa shape index (κ1) is 20.7. The summed E-state index contributed by atoms with van der Waals surface area (Å²) in [6.07, 6.45) is 0.861. The molecule has 0 radical (unpaired) electrons. The fourth-order valence-electron chi connectivity index (χ4n) is 3.24. The Morgan fingerprint density at radius 3 is 2.72 bits per heavy atom. The lowest BCUT2D eigenvalue weighted by molar-refractivity contribution is -0.122. The SMILES string of the molecule is COc1cccc(-c2cc(N(C)C(=O)[C@@H]3CCCN3C(=O)OC(C)(C)C)no2)c1. The zero-order valence-electron chi connectivity index (χ0n) is 17.5. The van der Waals surface area contributed by atoms with Crippen molar-refractivity contribution in [3.05, 3.63) is 30.3 Å². The van der Waals surface area contributed by atoms with Gasteiger partial charge in [-0.05, 0) is 45.7 Å². The van der Waals surface area contributed by atoms with Crippen molar-refractivity contribution in [1.29, 1.82) is 0 Å². The number of nitrogens with zero attached hydrogens (tertiary/aromatic N) is 3. The Balaban J connectivity index is 1.74. The van der Waals surface area contributed by atoms with E-state index < -0.39 is 17.7 Å². The van der Waals surface area contributed by atoms with Crippen LogP contribution in [0, 0.1) is 0 Å². The highest BCUT2D eigenvalue weighted by Gasteiger charge is 2.38. The number of carbonyl (C=O) groups is 2. The van der Waals surface area contributed by atoms with Gasteiger partial charge in [0.2, 0.25) is 0 Å². The van der Waals surface area contributed by atoms with Crippen molar-refractivity contribution in [2.75, 3.05) is 25.6 Å². The molecular weight excluding hydrogens is 374 g/mol. The maximum Gasteiger partial charge on any atom is 0.410 e. The number of benzene rings is 1. The quantitative estimate of drug-likeness (QED) is 0.776. The number of rotatable bonds is 4. The van der Waals surface area contributed by atoms with Crippen molar-refractivity contribution in [2.24, 2.45) is 0 Å². The lowest BCUT2D eigenvalue weighted by Crippen LogP contribution is -2.48.